The van der Waals surface area contributed by atoms with Crippen molar-refractivity contribution in [2.45, 2.75) is 64.5 Å². The molecule has 0 bridgehead atoms. The Balaban J connectivity index is 0.00000242. The van der Waals surface area contributed by atoms with Crippen LogP contribution in [0.5, 0.6) is 0 Å². The predicted octanol–water partition coefficient (Wildman–Crippen LogP) is 3.37. The summed E-state index contributed by atoms with van der Waals surface area (Å²) in [6.07, 6.45) is 4.96. The van der Waals surface area contributed by atoms with E-state index in [4.69, 9.17) is 5.73 Å². The molecule has 1 amide bonds. The summed E-state index contributed by atoms with van der Waals surface area (Å²) >= 11 is 0. The number of hydrogen-bond donors (Lipinski definition) is 2. The van der Waals surface area contributed by atoms with E-state index in [1.165, 1.54) is 11.1 Å². The van der Waals surface area contributed by atoms with E-state index in [9.17, 15) is 4.79 Å². The highest BCUT2D eigenvalue weighted by Crippen LogP contribution is 2.31. The van der Waals surface area contributed by atoms with Crippen molar-refractivity contribution in [2.75, 3.05) is 0 Å². The van der Waals surface area contributed by atoms with Gasteiger partial charge >= 0.3 is 0 Å². The third-order valence-electron chi connectivity index (χ3n) is 4.75. The Morgan fingerprint density at radius 2 is 2.09 bits per heavy atom. The van der Waals surface area contributed by atoms with Crippen molar-refractivity contribution in [3.63, 3.8) is 0 Å². The molecule has 2 rings (SSSR count). The van der Waals surface area contributed by atoms with Crippen LogP contribution in [0, 0.1) is 12.8 Å². The van der Waals surface area contributed by atoms with E-state index in [1.54, 1.807) is 0 Å². The Morgan fingerprint density at radius 1 is 1.41 bits per heavy atom. The standard InChI is InChI=1S/C18H28N2O.ClH/c1-13-8-4-5-9-15(13)12-14(2)20-17(21)16-10-6-7-11-18(16,3)19;/h4-5,8-9,14,16H,6-7,10-12,19H2,1-3H3,(H,20,21);1H. The van der Waals surface area contributed by atoms with Gasteiger partial charge in [-0.1, -0.05) is 37.1 Å². The quantitative estimate of drug-likeness (QED) is 0.892. The van der Waals surface area contributed by atoms with Crippen molar-refractivity contribution < 1.29 is 4.79 Å². The van der Waals surface area contributed by atoms with Crippen LogP contribution >= 0.6 is 12.4 Å². The lowest BCUT2D eigenvalue weighted by Crippen LogP contribution is -2.54. The molecular formula is C18H29ClN2O. The summed E-state index contributed by atoms with van der Waals surface area (Å²) in [5.74, 6) is 0.0753. The second-order valence-corrected chi connectivity index (χ2v) is 6.84. The van der Waals surface area contributed by atoms with Crippen molar-refractivity contribution in [3.8, 4) is 0 Å². The Bertz CT molecular complexity index is 502. The number of nitrogens with one attached hydrogen (secondary N) is 1. The van der Waals surface area contributed by atoms with Crippen LogP contribution in [0.2, 0.25) is 0 Å². The zero-order valence-electron chi connectivity index (χ0n) is 13.9. The van der Waals surface area contributed by atoms with Crippen LogP contribution in [0.1, 0.15) is 50.7 Å². The van der Waals surface area contributed by atoms with Gasteiger partial charge in [0.05, 0.1) is 5.92 Å². The van der Waals surface area contributed by atoms with Gasteiger partial charge in [0.15, 0.2) is 0 Å². The summed E-state index contributed by atoms with van der Waals surface area (Å²) in [5, 5.41) is 3.16. The minimum absolute atomic E-state index is 0. The molecule has 3 atom stereocenters. The summed E-state index contributed by atoms with van der Waals surface area (Å²) in [7, 11) is 0. The molecule has 1 aromatic rings. The second kappa shape index (κ2) is 7.98. The van der Waals surface area contributed by atoms with Crippen molar-refractivity contribution >= 4 is 18.3 Å². The van der Waals surface area contributed by atoms with E-state index in [2.05, 4.69) is 37.4 Å². The number of benzene rings is 1. The van der Waals surface area contributed by atoms with Gasteiger partial charge in [-0.15, -0.1) is 12.4 Å². The predicted molar refractivity (Wildman–Crippen MR) is 94.3 cm³/mol. The van der Waals surface area contributed by atoms with Crippen LogP contribution in [-0.2, 0) is 11.2 Å². The fraction of sp³-hybridized carbons (Fsp3) is 0.611. The van der Waals surface area contributed by atoms with E-state index >= 15 is 0 Å². The Kier molecular flexibility index (Phi) is 6.89. The van der Waals surface area contributed by atoms with Crippen molar-refractivity contribution in [2.24, 2.45) is 11.7 Å². The third kappa shape index (κ3) is 4.72. The van der Waals surface area contributed by atoms with Crippen LogP contribution in [0.25, 0.3) is 0 Å². The van der Waals surface area contributed by atoms with Gasteiger partial charge in [0.1, 0.15) is 0 Å². The van der Waals surface area contributed by atoms with E-state index in [1.807, 2.05) is 13.0 Å². The summed E-state index contributed by atoms with van der Waals surface area (Å²) in [6.45, 7) is 6.20. The highest BCUT2D eigenvalue weighted by Gasteiger charge is 2.37. The summed E-state index contributed by atoms with van der Waals surface area (Å²) in [6, 6.07) is 8.48. The topological polar surface area (TPSA) is 55.1 Å². The smallest absolute Gasteiger partial charge is 0.225 e. The molecule has 0 aromatic heterocycles. The van der Waals surface area contributed by atoms with Gasteiger partial charge in [0.25, 0.3) is 0 Å². The SMILES string of the molecule is Cc1ccccc1CC(C)NC(=O)C1CCCCC1(C)N.Cl. The Morgan fingerprint density at radius 3 is 2.73 bits per heavy atom. The molecule has 3 N–H and O–H groups in total. The zero-order chi connectivity index (χ0) is 15.5. The Hall–Kier alpha value is -1.06. The van der Waals surface area contributed by atoms with Gasteiger partial charge in [-0.25, -0.2) is 0 Å². The first-order valence-electron chi connectivity index (χ1n) is 8.04. The largest absolute Gasteiger partial charge is 0.353 e. The molecule has 1 saturated carbocycles. The van der Waals surface area contributed by atoms with E-state index in [0.717, 1.165) is 32.1 Å². The number of nitrogens with two attached hydrogens (primary N) is 1. The Labute approximate surface area is 140 Å². The van der Waals surface area contributed by atoms with Crippen molar-refractivity contribution in [1.82, 2.24) is 5.32 Å². The summed E-state index contributed by atoms with van der Waals surface area (Å²) in [4.78, 5) is 12.5. The van der Waals surface area contributed by atoms with Crippen LogP contribution in [0.4, 0.5) is 0 Å². The minimum Gasteiger partial charge on any atom is -0.353 e. The maximum atomic E-state index is 12.5. The average molecular weight is 325 g/mol. The van der Waals surface area contributed by atoms with Crippen LogP contribution < -0.4 is 11.1 Å². The van der Waals surface area contributed by atoms with Gasteiger partial charge < -0.3 is 11.1 Å². The first-order chi connectivity index (χ1) is 9.90. The number of carbonyl (C=O) groups excluding carboxylic acids is 1. The molecule has 3 nitrogen and oxygen atoms in total. The molecule has 1 fully saturated rings. The number of hydrogen-bond acceptors (Lipinski definition) is 2. The van der Waals surface area contributed by atoms with Crippen molar-refractivity contribution in [3.05, 3.63) is 35.4 Å². The third-order valence-corrected chi connectivity index (χ3v) is 4.75. The summed E-state index contributed by atoms with van der Waals surface area (Å²) < 4.78 is 0. The fourth-order valence-electron chi connectivity index (χ4n) is 3.35. The molecule has 0 heterocycles. The number of rotatable bonds is 4. The molecule has 3 unspecified atom stereocenters. The average Bonchev–Trinajstić information content (AvgIpc) is 2.40. The first kappa shape index (κ1) is 19.0. The minimum atomic E-state index is -0.356. The molecule has 0 aliphatic heterocycles. The number of halogens is 1. The lowest BCUT2D eigenvalue weighted by molar-refractivity contribution is -0.128. The fourth-order valence-corrected chi connectivity index (χ4v) is 3.35. The van der Waals surface area contributed by atoms with Crippen LogP contribution in [0.3, 0.4) is 0 Å². The molecule has 4 heteroatoms. The van der Waals surface area contributed by atoms with E-state index in [-0.39, 0.29) is 35.8 Å². The molecule has 1 aliphatic rings. The van der Waals surface area contributed by atoms with E-state index in [0.29, 0.717) is 0 Å². The van der Waals surface area contributed by atoms with Crippen molar-refractivity contribution in [1.29, 1.82) is 0 Å². The molecule has 0 radical (unpaired) electrons. The monoisotopic (exact) mass is 324 g/mol. The molecule has 0 spiro atoms. The van der Waals surface area contributed by atoms with Gasteiger partial charge in [-0.2, -0.15) is 0 Å². The number of carbonyl (C=O) groups is 1. The maximum Gasteiger partial charge on any atom is 0.225 e. The molecule has 1 aliphatic carbocycles. The van der Waals surface area contributed by atoms with Gasteiger partial charge in [0, 0.05) is 11.6 Å². The van der Waals surface area contributed by atoms with Crippen LogP contribution in [-0.4, -0.2) is 17.5 Å². The van der Waals surface area contributed by atoms with E-state index < -0.39 is 0 Å². The lowest BCUT2D eigenvalue weighted by atomic mass is 9.74. The zero-order valence-corrected chi connectivity index (χ0v) is 14.7. The molecule has 1 aromatic carbocycles. The molecule has 0 saturated heterocycles. The van der Waals surface area contributed by atoms with Gasteiger partial charge in [-0.05, 0) is 51.2 Å². The highest BCUT2D eigenvalue weighted by molar-refractivity contribution is 5.85. The molecular weight excluding hydrogens is 296 g/mol. The normalized spacial score (nSPS) is 25.9. The maximum absolute atomic E-state index is 12.5. The van der Waals surface area contributed by atoms with Gasteiger partial charge in [0.2, 0.25) is 5.91 Å². The molecule has 22 heavy (non-hydrogen) atoms. The second-order valence-electron chi connectivity index (χ2n) is 6.84. The number of amides is 1. The highest BCUT2D eigenvalue weighted by atomic mass is 35.5. The first-order valence-corrected chi connectivity index (χ1v) is 8.04. The van der Waals surface area contributed by atoms with Crippen LogP contribution in [0.15, 0.2) is 24.3 Å². The lowest BCUT2D eigenvalue weighted by Gasteiger charge is -2.37. The molecule has 124 valence electrons. The van der Waals surface area contributed by atoms with Gasteiger partial charge in [-0.3, -0.25) is 4.79 Å². The summed E-state index contributed by atoms with van der Waals surface area (Å²) in [5.41, 5.74) is 8.53. The number of aryl methyl sites for hydroxylation is 1.